The van der Waals surface area contributed by atoms with Gasteiger partial charge in [-0.25, -0.2) is 4.98 Å². The Morgan fingerprint density at radius 2 is 2.18 bits per heavy atom. The molecule has 1 aliphatic carbocycles. The van der Waals surface area contributed by atoms with Crippen LogP contribution in [0.1, 0.15) is 25.7 Å². The van der Waals surface area contributed by atoms with Gasteiger partial charge in [-0.05, 0) is 25.0 Å². The number of hydrogen-bond acceptors (Lipinski definition) is 4. The Morgan fingerprint density at radius 3 is 2.94 bits per heavy atom. The molecule has 1 aliphatic rings. The predicted molar refractivity (Wildman–Crippen MR) is 67.9 cm³/mol. The minimum atomic E-state index is 0.0263. The lowest BCUT2D eigenvalue weighted by atomic mass is 9.98. The van der Waals surface area contributed by atoms with Crippen LogP contribution in [0, 0.1) is 0 Å². The molecule has 0 spiro atoms. The summed E-state index contributed by atoms with van der Waals surface area (Å²) in [5.41, 5.74) is 6.82. The van der Waals surface area contributed by atoms with Crippen molar-refractivity contribution in [1.82, 2.24) is 4.98 Å². The zero-order valence-electron chi connectivity index (χ0n) is 9.78. The maximum absolute atomic E-state index is 5.92. The number of furan rings is 1. The van der Waals surface area contributed by atoms with E-state index in [1.165, 1.54) is 12.8 Å². The quantitative estimate of drug-likeness (QED) is 0.852. The molecule has 1 saturated carbocycles. The normalized spacial score (nSPS) is 18.6. The van der Waals surface area contributed by atoms with Gasteiger partial charge in [-0.2, -0.15) is 0 Å². The summed E-state index contributed by atoms with van der Waals surface area (Å²) in [6, 6.07) is 3.83. The van der Waals surface area contributed by atoms with E-state index in [0.29, 0.717) is 6.54 Å². The second-order valence-electron chi connectivity index (χ2n) is 4.81. The van der Waals surface area contributed by atoms with Crippen molar-refractivity contribution in [2.75, 3.05) is 11.9 Å². The lowest BCUT2D eigenvalue weighted by molar-refractivity contribution is 0.492. The molecule has 0 radical (unpaired) electrons. The molecule has 0 unspecified atom stereocenters. The fourth-order valence-corrected chi connectivity index (χ4v) is 2.68. The van der Waals surface area contributed by atoms with Gasteiger partial charge in [0.1, 0.15) is 11.4 Å². The van der Waals surface area contributed by atoms with E-state index in [2.05, 4.69) is 10.3 Å². The third-order valence-electron chi connectivity index (χ3n) is 3.71. The van der Waals surface area contributed by atoms with Gasteiger partial charge in [0, 0.05) is 12.7 Å². The van der Waals surface area contributed by atoms with E-state index in [4.69, 9.17) is 10.2 Å². The molecule has 2 aromatic rings. The molecule has 0 atom stereocenters. The molecule has 0 aromatic carbocycles. The predicted octanol–water partition coefficient (Wildman–Crippen LogP) is 2.51. The van der Waals surface area contributed by atoms with E-state index >= 15 is 0 Å². The summed E-state index contributed by atoms with van der Waals surface area (Å²) in [6.07, 6.45) is 8.20. The smallest absolute Gasteiger partial charge is 0.139 e. The number of hydrogen-bond donors (Lipinski definition) is 2. The first-order valence-corrected chi connectivity index (χ1v) is 6.13. The van der Waals surface area contributed by atoms with Crippen molar-refractivity contribution in [1.29, 1.82) is 0 Å². The van der Waals surface area contributed by atoms with Crippen LogP contribution in [0.15, 0.2) is 29.0 Å². The van der Waals surface area contributed by atoms with Crippen molar-refractivity contribution in [2.45, 2.75) is 31.2 Å². The van der Waals surface area contributed by atoms with Crippen molar-refractivity contribution >= 4 is 16.8 Å². The van der Waals surface area contributed by atoms with Gasteiger partial charge >= 0.3 is 0 Å². The second kappa shape index (κ2) is 4.04. The minimum Gasteiger partial charge on any atom is -0.464 e. The van der Waals surface area contributed by atoms with Gasteiger partial charge in [0.15, 0.2) is 0 Å². The van der Waals surface area contributed by atoms with Gasteiger partial charge in [0.05, 0.1) is 17.2 Å². The number of nitrogens with one attached hydrogen (secondary N) is 1. The summed E-state index contributed by atoms with van der Waals surface area (Å²) in [6.45, 7) is 0.656. The maximum Gasteiger partial charge on any atom is 0.139 e. The molecule has 0 saturated heterocycles. The summed E-state index contributed by atoms with van der Waals surface area (Å²) >= 11 is 0. The van der Waals surface area contributed by atoms with Crippen LogP contribution < -0.4 is 11.1 Å². The molecule has 2 heterocycles. The molecular formula is C13H17N3O. The van der Waals surface area contributed by atoms with E-state index in [9.17, 15) is 0 Å². The average molecular weight is 231 g/mol. The number of nitrogens with zero attached hydrogens (tertiary/aromatic N) is 1. The highest BCUT2D eigenvalue weighted by molar-refractivity contribution is 5.88. The van der Waals surface area contributed by atoms with Crippen LogP contribution in [-0.2, 0) is 0 Å². The van der Waals surface area contributed by atoms with Crippen LogP contribution in [0.25, 0.3) is 11.0 Å². The minimum absolute atomic E-state index is 0.0263. The van der Waals surface area contributed by atoms with Gasteiger partial charge in [0.25, 0.3) is 0 Å². The SMILES string of the molecule is NCC1(Nc2nccc3occc23)CCCC1. The van der Waals surface area contributed by atoms with Crippen LogP contribution in [0.5, 0.6) is 0 Å². The summed E-state index contributed by atoms with van der Waals surface area (Å²) in [4.78, 5) is 4.41. The van der Waals surface area contributed by atoms with Crippen LogP contribution in [0.2, 0.25) is 0 Å². The Hall–Kier alpha value is -1.55. The largest absolute Gasteiger partial charge is 0.464 e. The fourth-order valence-electron chi connectivity index (χ4n) is 2.68. The van der Waals surface area contributed by atoms with Crippen molar-refractivity contribution in [3.63, 3.8) is 0 Å². The van der Waals surface area contributed by atoms with Crippen molar-refractivity contribution < 1.29 is 4.42 Å². The van der Waals surface area contributed by atoms with E-state index < -0.39 is 0 Å². The molecule has 0 bridgehead atoms. The van der Waals surface area contributed by atoms with Crippen molar-refractivity contribution in [3.8, 4) is 0 Å². The first kappa shape index (κ1) is 10.6. The second-order valence-corrected chi connectivity index (χ2v) is 4.81. The molecule has 0 amide bonds. The zero-order valence-corrected chi connectivity index (χ0v) is 9.78. The lowest BCUT2D eigenvalue weighted by Crippen LogP contribution is -2.43. The van der Waals surface area contributed by atoms with Gasteiger partial charge in [0.2, 0.25) is 0 Å². The fraction of sp³-hybridized carbons (Fsp3) is 0.462. The number of anilines is 1. The molecule has 3 rings (SSSR count). The van der Waals surface area contributed by atoms with E-state index in [1.807, 2.05) is 12.1 Å². The Morgan fingerprint density at radius 1 is 1.35 bits per heavy atom. The van der Waals surface area contributed by atoms with Crippen LogP contribution in [0.3, 0.4) is 0 Å². The van der Waals surface area contributed by atoms with E-state index in [0.717, 1.165) is 29.6 Å². The first-order valence-electron chi connectivity index (χ1n) is 6.13. The first-order chi connectivity index (χ1) is 8.33. The van der Waals surface area contributed by atoms with Crippen LogP contribution >= 0.6 is 0 Å². The highest BCUT2D eigenvalue weighted by Gasteiger charge is 2.32. The van der Waals surface area contributed by atoms with Gasteiger partial charge in [-0.15, -0.1) is 0 Å². The Kier molecular flexibility index (Phi) is 2.52. The summed E-state index contributed by atoms with van der Waals surface area (Å²) in [5.74, 6) is 0.892. The van der Waals surface area contributed by atoms with Crippen molar-refractivity contribution in [2.24, 2.45) is 5.73 Å². The van der Waals surface area contributed by atoms with E-state index in [1.54, 1.807) is 12.5 Å². The van der Waals surface area contributed by atoms with Gasteiger partial charge in [-0.1, -0.05) is 12.8 Å². The Balaban J connectivity index is 1.96. The lowest BCUT2D eigenvalue weighted by Gasteiger charge is -2.29. The monoisotopic (exact) mass is 231 g/mol. The Labute approximate surface area is 100 Å². The number of pyridine rings is 1. The number of rotatable bonds is 3. The standard InChI is InChI=1S/C13H17N3O/c14-9-13(5-1-2-6-13)16-12-10-4-8-17-11(10)3-7-15-12/h3-4,7-8H,1-2,5-6,9,14H2,(H,15,16). The molecule has 3 N–H and O–H groups in total. The molecule has 1 fully saturated rings. The van der Waals surface area contributed by atoms with Crippen LogP contribution in [-0.4, -0.2) is 17.1 Å². The van der Waals surface area contributed by atoms with Crippen LogP contribution in [0.4, 0.5) is 5.82 Å². The molecule has 4 nitrogen and oxygen atoms in total. The van der Waals surface area contributed by atoms with E-state index in [-0.39, 0.29) is 5.54 Å². The number of aromatic nitrogens is 1. The summed E-state index contributed by atoms with van der Waals surface area (Å²) in [5, 5.41) is 4.57. The molecule has 0 aliphatic heterocycles. The van der Waals surface area contributed by atoms with Gasteiger partial charge in [-0.3, -0.25) is 0 Å². The third-order valence-corrected chi connectivity index (χ3v) is 3.71. The molecule has 4 heteroatoms. The number of fused-ring (bicyclic) bond motifs is 1. The summed E-state index contributed by atoms with van der Waals surface area (Å²) < 4.78 is 5.38. The molecule has 2 aromatic heterocycles. The molecule has 17 heavy (non-hydrogen) atoms. The topological polar surface area (TPSA) is 64.1 Å². The highest BCUT2D eigenvalue weighted by atomic mass is 16.3. The maximum atomic E-state index is 5.92. The zero-order chi connectivity index (χ0) is 11.7. The molecular weight excluding hydrogens is 214 g/mol. The van der Waals surface area contributed by atoms with Gasteiger partial charge < -0.3 is 15.5 Å². The third kappa shape index (κ3) is 1.78. The average Bonchev–Trinajstić information content (AvgIpc) is 2.98. The summed E-state index contributed by atoms with van der Waals surface area (Å²) in [7, 11) is 0. The van der Waals surface area contributed by atoms with Crippen molar-refractivity contribution in [3.05, 3.63) is 24.6 Å². The Bertz CT molecular complexity index is 514. The number of nitrogens with two attached hydrogens (primary N) is 1. The molecule has 90 valence electrons. The highest BCUT2D eigenvalue weighted by Crippen LogP contribution is 2.33.